The number of benzene rings is 2. The minimum Gasteiger partial charge on any atom is -0.497 e. The molecular weight excluding hydrogens is 418 g/mol. The third-order valence-corrected chi connectivity index (χ3v) is 7.11. The molecule has 0 saturated heterocycles. The fourth-order valence-corrected chi connectivity index (χ4v) is 5.33. The molecule has 5 nitrogen and oxygen atoms in total. The predicted octanol–water partition coefficient (Wildman–Crippen LogP) is 6.56. The van der Waals surface area contributed by atoms with Crippen LogP contribution in [0.25, 0.3) is 11.4 Å². The van der Waals surface area contributed by atoms with Gasteiger partial charge in [0.15, 0.2) is 16.8 Å². The minimum absolute atomic E-state index is 0.120. The lowest BCUT2D eigenvalue weighted by molar-refractivity contribution is 0.102. The lowest BCUT2D eigenvalue weighted by Gasteiger charge is -2.22. The average Bonchev–Trinajstić information content (AvgIpc) is 3.27. The number of hydrogen-bond donors (Lipinski definition) is 0. The summed E-state index contributed by atoms with van der Waals surface area (Å²) in [6.07, 6.45) is 6.52. The Morgan fingerprint density at radius 2 is 1.72 bits per heavy atom. The fourth-order valence-electron chi connectivity index (χ4n) is 4.37. The Morgan fingerprint density at radius 1 is 1.03 bits per heavy atom. The van der Waals surface area contributed by atoms with Crippen LogP contribution in [-0.4, -0.2) is 33.4 Å². The molecule has 0 unspecified atom stereocenters. The van der Waals surface area contributed by atoms with Gasteiger partial charge in [0.25, 0.3) is 0 Å². The molecule has 6 heteroatoms. The molecule has 1 aromatic heterocycles. The molecule has 1 heterocycles. The van der Waals surface area contributed by atoms with Crippen LogP contribution in [0.4, 0.5) is 0 Å². The number of thioether (sulfide) groups is 1. The van der Waals surface area contributed by atoms with Gasteiger partial charge in [-0.05, 0) is 62.4 Å². The van der Waals surface area contributed by atoms with Crippen molar-refractivity contribution in [2.75, 3.05) is 12.9 Å². The van der Waals surface area contributed by atoms with Crippen LogP contribution in [0.3, 0.4) is 0 Å². The average molecular weight is 450 g/mol. The van der Waals surface area contributed by atoms with Gasteiger partial charge < -0.3 is 4.74 Å². The summed E-state index contributed by atoms with van der Waals surface area (Å²) in [4.78, 5) is 12.8. The Labute approximate surface area is 194 Å². The summed E-state index contributed by atoms with van der Waals surface area (Å²) >= 11 is 1.45. The zero-order chi connectivity index (χ0) is 22.5. The normalized spacial score (nSPS) is 14.6. The van der Waals surface area contributed by atoms with Gasteiger partial charge in [-0.25, -0.2) is 0 Å². The number of carbonyl (C=O) groups is 1. The van der Waals surface area contributed by atoms with E-state index in [9.17, 15) is 4.79 Å². The molecule has 0 N–H and O–H groups in total. The molecule has 1 aliphatic carbocycles. The van der Waals surface area contributed by atoms with E-state index in [1.54, 1.807) is 7.11 Å². The van der Waals surface area contributed by atoms with E-state index in [1.807, 2.05) is 36.4 Å². The van der Waals surface area contributed by atoms with Crippen molar-refractivity contribution in [3.63, 3.8) is 0 Å². The molecule has 1 saturated carbocycles. The first-order valence-electron chi connectivity index (χ1n) is 11.4. The van der Waals surface area contributed by atoms with E-state index in [-0.39, 0.29) is 11.8 Å². The third-order valence-electron chi connectivity index (χ3n) is 6.17. The standard InChI is InChI=1S/C26H31N3O2S/c1-18(2)29-25(22-13-15-23(31-3)16-14-22)27-28-26(29)32-17-24(30)21-11-9-20(10-12-21)19-7-5-4-6-8-19/h9-16,18-19H,4-8,17H2,1-3H3. The smallest absolute Gasteiger partial charge is 0.192 e. The Morgan fingerprint density at radius 3 is 2.34 bits per heavy atom. The number of aromatic nitrogens is 3. The van der Waals surface area contributed by atoms with E-state index in [0.29, 0.717) is 11.7 Å². The molecular formula is C26H31N3O2S. The van der Waals surface area contributed by atoms with Crippen LogP contribution < -0.4 is 4.74 Å². The van der Waals surface area contributed by atoms with Crippen LogP contribution in [0.5, 0.6) is 5.75 Å². The molecule has 3 aromatic rings. The summed E-state index contributed by atoms with van der Waals surface area (Å²) in [6, 6.07) is 16.2. The molecule has 1 aliphatic rings. The number of hydrogen-bond acceptors (Lipinski definition) is 5. The van der Waals surface area contributed by atoms with Crippen molar-refractivity contribution in [3.05, 3.63) is 59.7 Å². The van der Waals surface area contributed by atoms with E-state index in [4.69, 9.17) is 4.74 Å². The number of carbonyl (C=O) groups excluding carboxylic acids is 1. The second kappa shape index (κ2) is 10.3. The molecule has 0 atom stereocenters. The molecule has 0 aliphatic heterocycles. The summed E-state index contributed by atoms with van der Waals surface area (Å²) < 4.78 is 7.34. The van der Waals surface area contributed by atoms with E-state index >= 15 is 0 Å². The maximum Gasteiger partial charge on any atom is 0.192 e. The van der Waals surface area contributed by atoms with Crippen molar-refractivity contribution in [1.82, 2.24) is 14.8 Å². The Hall–Kier alpha value is -2.60. The van der Waals surface area contributed by atoms with Gasteiger partial charge in [0.1, 0.15) is 5.75 Å². The van der Waals surface area contributed by atoms with Crippen molar-refractivity contribution < 1.29 is 9.53 Å². The van der Waals surface area contributed by atoms with Crippen LogP contribution in [0, 0.1) is 0 Å². The molecule has 32 heavy (non-hydrogen) atoms. The molecule has 4 rings (SSSR count). The molecule has 0 amide bonds. The molecule has 0 radical (unpaired) electrons. The first-order valence-corrected chi connectivity index (χ1v) is 12.4. The van der Waals surface area contributed by atoms with Crippen LogP contribution >= 0.6 is 11.8 Å². The number of ether oxygens (including phenoxy) is 1. The predicted molar refractivity (Wildman–Crippen MR) is 130 cm³/mol. The molecule has 168 valence electrons. The largest absolute Gasteiger partial charge is 0.497 e. The SMILES string of the molecule is COc1ccc(-c2nnc(SCC(=O)c3ccc(C4CCCCC4)cc3)n2C(C)C)cc1. The van der Waals surface area contributed by atoms with Gasteiger partial charge in [-0.1, -0.05) is 55.3 Å². The van der Waals surface area contributed by atoms with Crippen molar-refractivity contribution >= 4 is 17.5 Å². The van der Waals surface area contributed by atoms with Crippen LogP contribution in [-0.2, 0) is 0 Å². The summed E-state index contributed by atoms with van der Waals surface area (Å²) in [5.74, 6) is 2.72. The van der Waals surface area contributed by atoms with Gasteiger partial charge in [0.2, 0.25) is 0 Å². The first kappa shape index (κ1) is 22.6. The second-order valence-corrected chi connectivity index (χ2v) is 9.61. The monoisotopic (exact) mass is 449 g/mol. The zero-order valence-corrected chi connectivity index (χ0v) is 19.9. The highest BCUT2D eigenvalue weighted by atomic mass is 32.2. The lowest BCUT2D eigenvalue weighted by atomic mass is 9.84. The molecule has 1 fully saturated rings. The molecule has 0 bridgehead atoms. The van der Waals surface area contributed by atoms with Crippen molar-refractivity contribution in [1.29, 1.82) is 0 Å². The van der Waals surface area contributed by atoms with Crippen LogP contribution in [0.2, 0.25) is 0 Å². The van der Waals surface area contributed by atoms with Gasteiger partial charge in [0, 0.05) is 17.2 Å². The highest BCUT2D eigenvalue weighted by molar-refractivity contribution is 7.99. The number of methoxy groups -OCH3 is 1. The van der Waals surface area contributed by atoms with Crippen molar-refractivity contribution in [3.8, 4) is 17.1 Å². The Bertz CT molecular complexity index is 1040. The highest BCUT2D eigenvalue weighted by Crippen LogP contribution is 2.33. The van der Waals surface area contributed by atoms with E-state index < -0.39 is 0 Å². The Balaban J connectivity index is 1.44. The van der Waals surface area contributed by atoms with Gasteiger partial charge in [0.05, 0.1) is 12.9 Å². The zero-order valence-electron chi connectivity index (χ0n) is 19.1. The summed E-state index contributed by atoms with van der Waals surface area (Å²) in [7, 11) is 1.65. The van der Waals surface area contributed by atoms with Crippen molar-refractivity contribution in [2.24, 2.45) is 0 Å². The van der Waals surface area contributed by atoms with Gasteiger partial charge in [-0.2, -0.15) is 0 Å². The van der Waals surface area contributed by atoms with Gasteiger partial charge in [-0.15, -0.1) is 10.2 Å². The lowest BCUT2D eigenvalue weighted by Crippen LogP contribution is -2.08. The third kappa shape index (κ3) is 5.07. The highest BCUT2D eigenvalue weighted by Gasteiger charge is 2.19. The molecule has 2 aromatic carbocycles. The quantitative estimate of drug-likeness (QED) is 0.288. The topological polar surface area (TPSA) is 57.0 Å². The molecule has 0 spiro atoms. The van der Waals surface area contributed by atoms with Crippen LogP contribution in [0.1, 0.15) is 73.8 Å². The maximum absolute atomic E-state index is 12.8. The number of nitrogens with zero attached hydrogens (tertiary/aromatic N) is 3. The van der Waals surface area contributed by atoms with E-state index in [2.05, 4.69) is 40.7 Å². The number of rotatable bonds is 8. The van der Waals surface area contributed by atoms with Gasteiger partial charge in [-0.3, -0.25) is 9.36 Å². The fraction of sp³-hybridized carbons (Fsp3) is 0.423. The Kier molecular flexibility index (Phi) is 7.30. The van der Waals surface area contributed by atoms with E-state index in [1.165, 1.54) is 49.4 Å². The first-order chi connectivity index (χ1) is 15.6. The minimum atomic E-state index is 0.120. The van der Waals surface area contributed by atoms with Gasteiger partial charge >= 0.3 is 0 Å². The second-order valence-electron chi connectivity index (χ2n) is 8.67. The van der Waals surface area contributed by atoms with Crippen molar-refractivity contribution in [2.45, 2.75) is 63.1 Å². The summed E-state index contributed by atoms with van der Waals surface area (Å²) in [5, 5.41) is 9.57. The van der Waals surface area contributed by atoms with Crippen LogP contribution in [0.15, 0.2) is 53.7 Å². The summed E-state index contributed by atoms with van der Waals surface area (Å²) in [5.41, 5.74) is 3.11. The van der Waals surface area contributed by atoms with E-state index in [0.717, 1.165) is 27.9 Å². The summed E-state index contributed by atoms with van der Waals surface area (Å²) in [6.45, 7) is 4.21. The maximum atomic E-state index is 12.8. The number of Topliss-reactive ketones (excluding diaryl/α,β-unsaturated/α-hetero) is 1. The number of ketones is 1.